The maximum atomic E-state index is 14.0. The summed E-state index contributed by atoms with van der Waals surface area (Å²) in [5, 5.41) is 0. The van der Waals surface area contributed by atoms with Crippen LogP contribution in [0.15, 0.2) is 60.9 Å². The van der Waals surface area contributed by atoms with Crippen LogP contribution in [0, 0.1) is 0 Å². The highest BCUT2D eigenvalue weighted by Crippen LogP contribution is 2.23. The molecule has 0 aliphatic heterocycles. The number of rotatable bonds is 13. The van der Waals surface area contributed by atoms with E-state index in [2.05, 4.69) is 48.1 Å². The summed E-state index contributed by atoms with van der Waals surface area (Å²) in [5.74, 6) is 1.34. The highest BCUT2D eigenvalue weighted by Gasteiger charge is 2.08. The van der Waals surface area contributed by atoms with E-state index in [4.69, 9.17) is 4.74 Å². The normalized spacial score (nSPS) is 12.0. The van der Waals surface area contributed by atoms with Gasteiger partial charge < -0.3 is 4.74 Å². The van der Waals surface area contributed by atoms with E-state index in [9.17, 15) is 4.39 Å². The maximum absolute atomic E-state index is 14.0. The fourth-order valence-electron chi connectivity index (χ4n) is 3.63. The molecular formula is C28H35FN2O. The van der Waals surface area contributed by atoms with E-state index in [-0.39, 0.29) is 6.61 Å². The molecule has 2 aromatic carbocycles. The van der Waals surface area contributed by atoms with Gasteiger partial charge in [-0.15, -0.1) is 0 Å². The molecule has 1 aromatic heterocycles. The van der Waals surface area contributed by atoms with E-state index in [1.165, 1.54) is 31.2 Å². The smallest absolute Gasteiger partial charge is 0.159 e. The Morgan fingerprint density at radius 2 is 1.41 bits per heavy atom. The second kappa shape index (κ2) is 12.9. The largest absolute Gasteiger partial charge is 0.491 e. The SMILES string of the molecule is CCCCCC[C@H](F)COc1ccc(-c2ncc(-c3ccc(CCCC)cc3)cn2)cc1. The zero-order chi connectivity index (χ0) is 22.6. The molecule has 1 atom stereocenters. The number of hydrogen-bond acceptors (Lipinski definition) is 3. The van der Waals surface area contributed by atoms with Crippen molar-refractivity contribution in [1.29, 1.82) is 0 Å². The second-order valence-electron chi connectivity index (χ2n) is 8.38. The van der Waals surface area contributed by atoms with Gasteiger partial charge in [0.05, 0.1) is 0 Å². The van der Waals surface area contributed by atoms with Gasteiger partial charge in [0.2, 0.25) is 0 Å². The summed E-state index contributed by atoms with van der Waals surface area (Å²) < 4.78 is 19.6. The van der Waals surface area contributed by atoms with Gasteiger partial charge in [-0.2, -0.15) is 0 Å². The minimum atomic E-state index is -0.914. The van der Waals surface area contributed by atoms with Gasteiger partial charge in [-0.3, -0.25) is 0 Å². The number of aromatic nitrogens is 2. The molecule has 3 aromatic rings. The predicted molar refractivity (Wildman–Crippen MR) is 131 cm³/mol. The molecule has 0 radical (unpaired) electrons. The van der Waals surface area contributed by atoms with E-state index < -0.39 is 6.17 Å². The number of benzene rings is 2. The molecule has 0 saturated heterocycles. The molecule has 0 unspecified atom stereocenters. The Bertz CT molecular complexity index is 908. The zero-order valence-corrected chi connectivity index (χ0v) is 19.4. The van der Waals surface area contributed by atoms with Crippen LogP contribution in [0.4, 0.5) is 4.39 Å². The van der Waals surface area contributed by atoms with Crippen LogP contribution in [0.5, 0.6) is 5.75 Å². The summed E-state index contributed by atoms with van der Waals surface area (Å²) in [6.07, 6.45) is 11.3. The molecule has 3 nitrogen and oxygen atoms in total. The second-order valence-corrected chi connectivity index (χ2v) is 8.38. The Kier molecular flexibility index (Phi) is 9.67. The van der Waals surface area contributed by atoms with E-state index in [1.807, 2.05) is 36.7 Å². The van der Waals surface area contributed by atoms with Gasteiger partial charge in [0, 0.05) is 23.5 Å². The van der Waals surface area contributed by atoms with E-state index >= 15 is 0 Å². The third-order valence-corrected chi connectivity index (χ3v) is 5.67. The fourth-order valence-corrected chi connectivity index (χ4v) is 3.63. The minimum absolute atomic E-state index is 0.105. The van der Waals surface area contributed by atoms with Gasteiger partial charge in [-0.1, -0.05) is 70.2 Å². The molecule has 4 heteroatoms. The summed E-state index contributed by atoms with van der Waals surface area (Å²) in [5.41, 5.74) is 4.40. The summed E-state index contributed by atoms with van der Waals surface area (Å²) >= 11 is 0. The van der Waals surface area contributed by atoms with Crippen LogP contribution in [-0.4, -0.2) is 22.7 Å². The zero-order valence-electron chi connectivity index (χ0n) is 19.4. The van der Waals surface area contributed by atoms with Crippen molar-refractivity contribution >= 4 is 0 Å². The van der Waals surface area contributed by atoms with Crippen molar-refractivity contribution in [2.45, 2.75) is 71.4 Å². The first kappa shape index (κ1) is 23.9. The van der Waals surface area contributed by atoms with Gasteiger partial charge in [0.1, 0.15) is 18.5 Å². The lowest BCUT2D eigenvalue weighted by Gasteiger charge is -2.11. The summed E-state index contributed by atoms with van der Waals surface area (Å²) in [6, 6.07) is 16.2. The number of alkyl halides is 1. The Morgan fingerprint density at radius 1 is 0.750 bits per heavy atom. The topological polar surface area (TPSA) is 35.0 Å². The lowest BCUT2D eigenvalue weighted by Crippen LogP contribution is -2.12. The molecule has 3 rings (SSSR count). The maximum Gasteiger partial charge on any atom is 0.159 e. The van der Waals surface area contributed by atoms with Gasteiger partial charge in [-0.05, 0) is 54.7 Å². The fraction of sp³-hybridized carbons (Fsp3) is 0.429. The van der Waals surface area contributed by atoms with Crippen LogP contribution < -0.4 is 4.74 Å². The van der Waals surface area contributed by atoms with Crippen LogP contribution in [0.1, 0.15) is 64.4 Å². The first-order chi connectivity index (χ1) is 15.7. The lowest BCUT2D eigenvalue weighted by atomic mass is 10.0. The molecule has 0 amide bonds. The molecule has 0 N–H and O–H groups in total. The highest BCUT2D eigenvalue weighted by molar-refractivity contribution is 5.64. The number of ether oxygens (including phenoxy) is 1. The van der Waals surface area contributed by atoms with Crippen LogP contribution in [-0.2, 0) is 6.42 Å². The van der Waals surface area contributed by atoms with E-state index in [1.54, 1.807) is 0 Å². The van der Waals surface area contributed by atoms with Crippen LogP contribution >= 0.6 is 0 Å². The molecule has 1 heterocycles. The molecule has 170 valence electrons. The van der Waals surface area contributed by atoms with E-state index in [0.717, 1.165) is 36.0 Å². The lowest BCUT2D eigenvalue weighted by molar-refractivity contribution is 0.184. The third kappa shape index (κ3) is 7.44. The Hall–Kier alpha value is -2.75. The van der Waals surface area contributed by atoms with Crippen molar-refractivity contribution < 1.29 is 9.13 Å². The summed E-state index contributed by atoms with van der Waals surface area (Å²) in [7, 11) is 0. The summed E-state index contributed by atoms with van der Waals surface area (Å²) in [6.45, 7) is 4.48. The number of nitrogens with zero attached hydrogens (tertiary/aromatic N) is 2. The van der Waals surface area contributed by atoms with Crippen molar-refractivity contribution in [3.8, 4) is 28.3 Å². The first-order valence-electron chi connectivity index (χ1n) is 12.0. The molecule has 0 aliphatic carbocycles. The predicted octanol–water partition coefficient (Wildman–Crippen LogP) is 7.84. The van der Waals surface area contributed by atoms with Crippen molar-refractivity contribution in [3.05, 3.63) is 66.5 Å². The number of hydrogen-bond donors (Lipinski definition) is 0. The Morgan fingerprint density at radius 3 is 2.06 bits per heavy atom. The minimum Gasteiger partial charge on any atom is -0.491 e. The first-order valence-corrected chi connectivity index (χ1v) is 12.0. The average Bonchev–Trinajstić information content (AvgIpc) is 2.85. The molecule has 0 saturated carbocycles. The van der Waals surface area contributed by atoms with Gasteiger partial charge >= 0.3 is 0 Å². The molecule has 0 aliphatic rings. The average molecular weight is 435 g/mol. The molecule has 0 bridgehead atoms. The standard InChI is InChI=1S/C28H35FN2O/c1-3-5-7-8-10-26(29)21-32-27-17-15-24(16-18-27)28-30-19-25(20-31-28)23-13-11-22(12-14-23)9-6-4-2/h11-20,26H,3-10,21H2,1-2H3/t26-/m0/s1. The summed E-state index contributed by atoms with van der Waals surface area (Å²) in [4.78, 5) is 9.08. The molecule has 32 heavy (non-hydrogen) atoms. The number of unbranched alkanes of at least 4 members (excludes halogenated alkanes) is 4. The molecular weight excluding hydrogens is 399 g/mol. The third-order valence-electron chi connectivity index (χ3n) is 5.67. The molecule has 0 fully saturated rings. The van der Waals surface area contributed by atoms with Gasteiger partial charge in [0.25, 0.3) is 0 Å². The van der Waals surface area contributed by atoms with Crippen LogP contribution in [0.25, 0.3) is 22.5 Å². The monoisotopic (exact) mass is 434 g/mol. The molecule has 0 spiro atoms. The van der Waals surface area contributed by atoms with Crippen molar-refractivity contribution in [2.75, 3.05) is 6.61 Å². The van der Waals surface area contributed by atoms with Crippen molar-refractivity contribution in [1.82, 2.24) is 9.97 Å². The Labute approximate surface area is 192 Å². The quantitative estimate of drug-likeness (QED) is 0.257. The van der Waals surface area contributed by atoms with Crippen LogP contribution in [0.2, 0.25) is 0 Å². The number of halogens is 1. The number of aryl methyl sites for hydroxylation is 1. The Balaban J connectivity index is 1.52. The van der Waals surface area contributed by atoms with Crippen molar-refractivity contribution in [2.24, 2.45) is 0 Å². The van der Waals surface area contributed by atoms with Gasteiger partial charge in [0.15, 0.2) is 5.82 Å². The van der Waals surface area contributed by atoms with Gasteiger partial charge in [-0.25, -0.2) is 14.4 Å². The van der Waals surface area contributed by atoms with Crippen LogP contribution in [0.3, 0.4) is 0 Å². The highest BCUT2D eigenvalue weighted by atomic mass is 19.1. The van der Waals surface area contributed by atoms with E-state index in [0.29, 0.717) is 18.0 Å². The van der Waals surface area contributed by atoms with Crippen molar-refractivity contribution in [3.63, 3.8) is 0 Å².